The molecule has 1 saturated carbocycles. The van der Waals surface area contributed by atoms with Crippen molar-refractivity contribution >= 4 is 34.6 Å². The topological polar surface area (TPSA) is 155 Å². The highest BCUT2D eigenvalue weighted by Gasteiger charge is 2.27. The van der Waals surface area contributed by atoms with Crippen molar-refractivity contribution in [1.29, 1.82) is 0 Å². The maximum Gasteiger partial charge on any atom is 0.404 e. The Morgan fingerprint density at radius 2 is 1.76 bits per heavy atom. The second-order valence-corrected chi connectivity index (χ2v) is 11.4. The van der Waals surface area contributed by atoms with Gasteiger partial charge in [-0.2, -0.15) is 0 Å². The number of hydrogen-bond donors (Lipinski definition) is 4. The summed E-state index contributed by atoms with van der Waals surface area (Å²) in [6.45, 7) is 5.22. The molecule has 2 aliphatic rings. The first-order chi connectivity index (χ1) is 20.1. The number of piperidine rings is 1. The fourth-order valence-electron chi connectivity index (χ4n) is 5.38. The lowest BCUT2D eigenvalue weighted by atomic mass is 10.0. The van der Waals surface area contributed by atoms with Gasteiger partial charge in [0.15, 0.2) is 0 Å². The van der Waals surface area contributed by atoms with Crippen LogP contribution >= 0.6 is 0 Å². The Bertz CT molecular complexity index is 1620. The number of amides is 4. The number of carbonyl (C=O) groups is 3. The Morgan fingerprint density at radius 1 is 1.02 bits per heavy atom. The van der Waals surface area contributed by atoms with Crippen LogP contribution in [0.4, 0.5) is 15.3 Å². The van der Waals surface area contributed by atoms with Crippen molar-refractivity contribution in [2.75, 3.05) is 18.4 Å². The molecule has 1 aliphatic carbocycles. The van der Waals surface area contributed by atoms with Crippen LogP contribution in [-0.4, -0.2) is 56.3 Å². The number of likely N-dealkylation sites (tertiary alicyclic amines) is 1. The molecule has 4 N–H and O–H groups in total. The first kappa shape index (κ1) is 28.9. The maximum atomic E-state index is 13.3. The van der Waals surface area contributed by atoms with Gasteiger partial charge in [-0.05, 0) is 81.3 Å². The zero-order chi connectivity index (χ0) is 30.0. The Morgan fingerprint density at radius 3 is 2.43 bits per heavy atom. The Labute approximate surface area is 242 Å². The van der Waals surface area contributed by atoms with Crippen molar-refractivity contribution in [2.24, 2.45) is 5.92 Å². The van der Waals surface area contributed by atoms with E-state index in [0.717, 1.165) is 24.8 Å². The van der Waals surface area contributed by atoms with E-state index in [1.165, 1.54) is 4.57 Å². The van der Waals surface area contributed by atoms with Crippen LogP contribution in [0, 0.1) is 5.92 Å². The number of anilines is 1. The zero-order valence-corrected chi connectivity index (χ0v) is 23.8. The Kier molecular flexibility index (Phi) is 8.32. The van der Waals surface area contributed by atoms with E-state index >= 15 is 0 Å². The summed E-state index contributed by atoms with van der Waals surface area (Å²) in [5.41, 5.74) is 1.52. The minimum atomic E-state index is -1.12. The van der Waals surface area contributed by atoms with Gasteiger partial charge in [0, 0.05) is 49.5 Å². The lowest BCUT2D eigenvalue weighted by Crippen LogP contribution is -2.50. The van der Waals surface area contributed by atoms with E-state index in [2.05, 4.69) is 16.0 Å². The molecule has 5 rings (SSSR count). The molecule has 1 atom stereocenters. The van der Waals surface area contributed by atoms with E-state index in [0.29, 0.717) is 54.1 Å². The Balaban J connectivity index is 1.26. The minimum absolute atomic E-state index is 0.140. The van der Waals surface area contributed by atoms with Crippen molar-refractivity contribution in [3.63, 3.8) is 0 Å². The minimum Gasteiger partial charge on any atom is -0.465 e. The van der Waals surface area contributed by atoms with Gasteiger partial charge in [0.2, 0.25) is 0 Å². The molecule has 222 valence electrons. The number of hydrogen-bond acceptors (Lipinski definition) is 5. The number of aromatic nitrogens is 2. The molecule has 2 aromatic carbocycles. The molecule has 12 nitrogen and oxygen atoms in total. The van der Waals surface area contributed by atoms with Crippen LogP contribution in [0.15, 0.2) is 52.1 Å². The molecule has 1 aromatic heterocycles. The SMILES string of the molecule is CC(C)n1c(=O)n(CC2CC2)c(=O)c2cc(NC(=O)N3CCC[C@@H](NC(=O)c4ccc(CNC(=O)O)cc4)C3)ccc21. The number of rotatable bonds is 8. The molecule has 0 unspecified atom stereocenters. The average Bonchev–Trinajstić information content (AvgIpc) is 3.79. The summed E-state index contributed by atoms with van der Waals surface area (Å²) < 4.78 is 2.95. The van der Waals surface area contributed by atoms with Crippen molar-refractivity contribution < 1.29 is 19.5 Å². The molecule has 0 bridgehead atoms. The monoisotopic (exact) mass is 576 g/mol. The van der Waals surface area contributed by atoms with Crippen LogP contribution in [0.2, 0.25) is 0 Å². The summed E-state index contributed by atoms with van der Waals surface area (Å²) in [6, 6.07) is 11.0. The molecule has 4 amide bonds. The third-order valence-electron chi connectivity index (χ3n) is 7.78. The first-order valence-electron chi connectivity index (χ1n) is 14.3. The highest BCUT2D eigenvalue weighted by molar-refractivity contribution is 5.95. The molecule has 3 aromatic rings. The van der Waals surface area contributed by atoms with E-state index in [-0.39, 0.29) is 41.8 Å². The number of carboxylic acid groups (broad SMARTS) is 1. The number of nitrogens with zero attached hydrogens (tertiary/aromatic N) is 3. The van der Waals surface area contributed by atoms with Crippen molar-refractivity contribution in [3.05, 3.63) is 74.4 Å². The van der Waals surface area contributed by atoms with Crippen molar-refractivity contribution in [3.8, 4) is 0 Å². The number of nitrogens with one attached hydrogen (secondary N) is 3. The number of carbonyl (C=O) groups excluding carboxylic acids is 2. The van der Waals surface area contributed by atoms with Crippen LogP contribution in [0.3, 0.4) is 0 Å². The fourth-order valence-corrected chi connectivity index (χ4v) is 5.38. The van der Waals surface area contributed by atoms with E-state index in [4.69, 9.17) is 5.11 Å². The van der Waals surface area contributed by atoms with Crippen LogP contribution in [0.5, 0.6) is 0 Å². The summed E-state index contributed by atoms with van der Waals surface area (Å²) in [7, 11) is 0. The van der Waals surface area contributed by atoms with Gasteiger partial charge in [-0.25, -0.2) is 14.4 Å². The fraction of sp³-hybridized carbons (Fsp3) is 0.433. The van der Waals surface area contributed by atoms with Gasteiger partial charge >= 0.3 is 17.8 Å². The van der Waals surface area contributed by atoms with Gasteiger partial charge in [-0.1, -0.05) is 12.1 Å². The van der Waals surface area contributed by atoms with Gasteiger partial charge < -0.3 is 26.0 Å². The molecule has 2 fully saturated rings. The van der Waals surface area contributed by atoms with Crippen LogP contribution in [-0.2, 0) is 13.1 Å². The highest BCUT2D eigenvalue weighted by Crippen LogP contribution is 2.30. The van der Waals surface area contributed by atoms with Gasteiger partial charge in [0.25, 0.3) is 11.5 Å². The van der Waals surface area contributed by atoms with Gasteiger partial charge in [-0.3, -0.25) is 18.7 Å². The summed E-state index contributed by atoms with van der Waals surface area (Å²) >= 11 is 0. The van der Waals surface area contributed by atoms with Gasteiger partial charge in [-0.15, -0.1) is 0 Å². The summed E-state index contributed by atoms with van der Waals surface area (Å²) in [6.07, 6.45) is 2.34. The lowest BCUT2D eigenvalue weighted by Gasteiger charge is -2.33. The molecule has 0 spiro atoms. The predicted octanol–water partition coefficient (Wildman–Crippen LogP) is 3.35. The first-order valence-corrected chi connectivity index (χ1v) is 14.3. The molecule has 12 heteroatoms. The van der Waals surface area contributed by atoms with Crippen LogP contribution in [0.25, 0.3) is 10.9 Å². The van der Waals surface area contributed by atoms with E-state index < -0.39 is 6.09 Å². The second-order valence-electron chi connectivity index (χ2n) is 11.4. The van der Waals surface area contributed by atoms with E-state index in [1.54, 1.807) is 51.9 Å². The third kappa shape index (κ3) is 6.48. The number of benzene rings is 2. The van der Waals surface area contributed by atoms with Crippen LogP contribution < -0.4 is 27.2 Å². The Hall–Kier alpha value is -4.61. The molecule has 1 saturated heterocycles. The molecule has 2 heterocycles. The second kappa shape index (κ2) is 12.1. The lowest BCUT2D eigenvalue weighted by molar-refractivity contribution is 0.0913. The molecular weight excluding hydrogens is 540 g/mol. The summed E-state index contributed by atoms with van der Waals surface area (Å²) in [5, 5.41) is 17.3. The van der Waals surface area contributed by atoms with E-state index in [1.807, 2.05) is 13.8 Å². The molecule has 1 aliphatic heterocycles. The van der Waals surface area contributed by atoms with Gasteiger partial charge in [0.05, 0.1) is 10.9 Å². The number of fused-ring (bicyclic) bond motifs is 1. The third-order valence-corrected chi connectivity index (χ3v) is 7.78. The molecular formula is C30H36N6O6. The quantitative estimate of drug-likeness (QED) is 0.322. The van der Waals surface area contributed by atoms with Crippen molar-refractivity contribution in [1.82, 2.24) is 24.7 Å². The zero-order valence-electron chi connectivity index (χ0n) is 23.8. The maximum absolute atomic E-state index is 13.3. The molecule has 0 radical (unpaired) electrons. The largest absolute Gasteiger partial charge is 0.465 e. The highest BCUT2D eigenvalue weighted by atomic mass is 16.4. The summed E-state index contributed by atoms with van der Waals surface area (Å²) in [5.74, 6) is 0.0811. The van der Waals surface area contributed by atoms with Gasteiger partial charge in [0.1, 0.15) is 0 Å². The standard InChI is InChI=1S/C30H36N6O6/c1-18(2)36-25-12-11-22(14-24(25)27(38)35(30(36)42)16-20-5-6-20)33-28(39)34-13-3-4-23(17-34)32-26(37)21-9-7-19(8-10-21)15-31-29(40)41/h7-12,14,18,20,23,31H,3-6,13,15-17H2,1-2H3,(H,32,37)(H,33,39)(H,40,41)/t23-/m1/s1. The average molecular weight is 577 g/mol. The molecule has 42 heavy (non-hydrogen) atoms. The predicted molar refractivity (Wildman–Crippen MR) is 158 cm³/mol. The summed E-state index contributed by atoms with van der Waals surface area (Å²) in [4.78, 5) is 64.8. The number of urea groups is 1. The normalized spacial score (nSPS) is 16.8. The van der Waals surface area contributed by atoms with Crippen LogP contribution in [0.1, 0.15) is 61.5 Å². The smallest absolute Gasteiger partial charge is 0.404 e. The van der Waals surface area contributed by atoms with Crippen molar-refractivity contribution in [2.45, 2.75) is 64.7 Å². The van der Waals surface area contributed by atoms with E-state index in [9.17, 15) is 24.0 Å².